The molecule has 0 aromatic heterocycles. The van der Waals surface area contributed by atoms with E-state index in [0.717, 1.165) is 6.54 Å². The van der Waals surface area contributed by atoms with Crippen molar-refractivity contribution < 1.29 is 0 Å². The molecule has 0 bridgehead atoms. The predicted molar refractivity (Wildman–Crippen MR) is 60.6 cm³/mol. The first kappa shape index (κ1) is 9.72. The zero-order valence-electron chi connectivity index (χ0n) is 9.14. The third-order valence-electron chi connectivity index (χ3n) is 3.13. The van der Waals surface area contributed by atoms with Crippen LogP contribution in [0.3, 0.4) is 0 Å². The fraction of sp³-hybridized carbons (Fsp3) is 0.538. The fourth-order valence-electron chi connectivity index (χ4n) is 2.29. The van der Waals surface area contributed by atoms with Gasteiger partial charge in [-0.2, -0.15) is 0 Å². The Kier molecular flexibility index (Phi) is 2.87. The minimum absolute atomic E-state index is 0.492. The lowest BCUT2D eigenvalue weighted by Crippen LogP contribution is -2.17. The molecule has 0 radical (unpaired) electrons. The first-order valence-electron chi connectivity index (χ1n) is 5.66. The molecule has 0 spiro atoms. The van der Waals surface area contributed by atoms with Gasteiger partial charge in [-0.25, -0.2) is 0 Å². The molecule has 1 unspecified atom stereocenters. The molecule has 0 heterocycles. The number of hydrogen-bond acceptors (Lipinski definition) is 1. The Balaban J connectivity index is 2.19. The highest BCUT2D eigenvalue weighted by Gasteiger charge is 2.12. The molecule has 2 rings (SSSR count). The first-order valence-corrected chi connectivity index (χ1v) is 5.66. The molecule has 1 aromatic rings. The number of hydrogen-bond donors (Lipinski definition) is 1. The van der Waals surface area contributed by atoms with Gasteiger partial charge in [0.05, 0.1) is 0 Å². The lowest BCUT2D eigenvalue weighted by molar-refractivity contribution is 0.597. The summed E-state index contributed by atoms with van der Waals surface area (Å²) in [6, 6.07) is 7.46. The highest BCUT2D eigenvalue weighted by Crippen LogP contribution is 2.25. The molecule has 1 nitrogen and oxygen atoms in total. The summed E-state index contributed by atoms with van der Waals surface area (Å²) >= 11 is 0. The SMILES string of the molecule is CCNC(C)c1ccc2c(c1)CCC2. The Labute approximate surface area is 86.5 Å². The highest BCUT2D eigenvalue weighted by atomic mass is 14.9. The molecular weight excluding hydrogens is 170 g/mol. The second kappa shape index (κ2) is 4.14. The van der Waals surface area contributed by atoms with Gasteiger partial charge in [0.25, 0.3) is 0 Å². The van der Waals surface area contributed by atoms with Crippen LogP contribution in [0.5, 0.6) is 0 Å². The lowest BCUT2D eigenvalue weighted by atomic mass is 10.0. The van der Waals surface area contributed by atoms with Crippen LogP contribution >= 0.6 is 0 Å². The van der Waals surface area contributed by atoms with Crippen molar-refractivity contribution in [2.45, 2.75) is 39.2 Å². The van der Waals surface area contributed by atoms with E-state index >= 15 is 0 Å². The standard InChI is InChI=1S/C13H19N/c1-3-14-10(2)12-8-7-11-5-4-6-13(11)9-12/h7-10,14H,3-6H2,1-2H3. The molecule has 0 aliphatic heterocycles. The summed E-state index contributed by atoms with van der Waals surface area (Å²) in [6.45, 7) is 5.43. The van der Waals surface area contributed by atoms with Crippen LogP contribution in [0.4, 0.5) is 0 Å². The number of fused-ring (bicyclic) bond motifs is 1. The van der Waals surface area contributed by atoms with Crippen LogP contribution in [0.15, 0.2) is 18.2 Å². The van der Waals surface area contributed by atoms with E-state index in [1.807, 2.05) is 0 Å². The van der Waals surface area contributed by atoms with E-state index in [9.17, 15) is 0 Å². The molecule has 0 saturated carbocycles. The summed E-state index contributed by atoms with van der Waals surface area (Å²) in [7, 11) is 0. The summed E-state index contributed by atoms with van der Waals surface area (Å²) in [5, 5.41) is 3.45. The second-order valence-electron chi connectivity index (χ2n) is 4.16. The predicted octanol–water partition coefficient (Wildman–Crippen LogP) is 2.85. The van der Waals surface area contributed by atoms with Gasteiger partial charge in [0, 0.05) is 6.04 Å². The minimum Gasteiger partial charge on any atom is -0.310 e. The van der Waals surface area contributed by atoms with E-state index in [1.54, 1.807) is 11.1 Å². The number of aryl methyl sites for hydroxylation is 2. The van der Waals surface area contributed by atoms with Crippen molar-refractivity contribution in [1.29, 1.82) is 0 Å². The molecular formula is C13H19N. The van der Waals surface area contributed by atoms with Crippen molar-refractivity contribution >= 4 is 0 Å². The van der Waals surface area contributed by atoms with Crippen molar-refractivity contribution in [2.24, 2.45) is 0 Å². The third kappa shape index (κ3) is 1.83. The molecule has 1 aliphatic carbocycles. The zero-order valence-corrected chi connectivity index (χ0v) is 9.14. The van der Waals surface area contributed by atoms with Gasteiger partial charge in [0.1, 0.15) is 0 Å². The lowest BCUT2D eigenvalue weighted by Gasteiger charge is -2.13. The smallest absolute Gasteiger partial charge is 0.0291 e. The van der Waals surface area contributed by atoms with Gasteiger partial charge in [0.15, 0.2) is 0 Å². The summed E-state index contributed by atoms with van der Waals surface area (Å²) < 4.78 is 0. The van der Waals surface area contributed by atoms with Gasteiger partial charge < -0.3 is 5.32 Å². The Morgan fingerprint density at radius 1 is 1.29 bits per heavy atom. The molecule has 1 heteroatoms. The van der Waals surface area contributed by atoms with Gasteiger partial charge in [-0.3, -0.25) is 0 Å². The van der Waals surface area contributed by atoms with E-state index in [4.69, 9.17) is 0 Å². The maximum absolute atomic E-state index is 3.45. The Hall–Kier alpha value is -0.820. The summed E-state index contributed by atoms with van der Waals surface area (Å²) in [6.07, 6.45) is 3.90. The summed E-state index contributed by atoms with van der Waals surface area (Å²) in [5.41, 5.74) is 4.58. The van der Waals surface area contributed by atoms with Gasteiger partial charge in [-0.15, -0.1) is 0 Å². The van der Waals surface area contributed by atoms with Crippen molar-refractivity contribution in [3.63, 3.8) is 0 Å². The van der Waals surface area contributed by atoms with E-state index in [1.165, 1.54) is 24.8 Å². The Morgan fingerprint density at radius 2 is 2.07 bits per heavy atom. The Bertz CT molecular complexity index is 317. The fourth-order valence-corrected chi connectivity index (χ4v) is 2.29. The Morgan fingerprint density at radius 3 is 2.86 bits per heavy atom. The van der Waals surface area contributed by atoms with Gasteiger partial charge in [-0.1, -0.05) is 25.1 Å². The van der Waals surface area contributed by atoms with E-state index in [0.29, 0.717) is 6.04 Å². The van der Waals surface area contributed by atoms with Crippen molar-refractivity contribution in [3.8, 4) is 0 Å². The maximum atomic E-state index is 3.45. The minimum atomic E-state index is 0.492. The van der Waals surface area contributed by atoms with Gasteiger partial charge in [0.2, 0.25) is 0 Å². The van der Waals surface area contributed by atoms with Crippen LogP contribution < -0.4 is 5.32 Å². The quantitative estimate of drug-likeness (QED) is 0.771. The van der Waals surface area contributed by atoms with Crippen LogP contribution in [-0.2, 0) is 12.8 Å². The average Bonchev–Trinajstić information content (AvgIpc) is 2.64. The number of rotatable bonds is 3. The maximum Gasteiger partial charge on any atom is 0.0291 e. The van der Waals surface area contributed by atoms with E-state index < -0.39 is 0 Å². The molecule has 1 N–H and O–H groups in total. The molecule has 76 valence electrons. The van der Waals surface area contributed by atoms with Crippen molar-refractivity contribution in [3.05, 3.63) is 34.9 Å². The van der Waals surface area contributed by atoms with Crippen LogP contribution in [0.2, 0.25) is 0 Å². The summed E-state index contributed by atoms with van der Waals surface area (Å²) in [5.74, 6) is 0. The molecule has 1 aromatic carbocycles. The average molecular weight is 189 g/mol. The van der Waals surface area contributed by atoms with Crippen molar-refractivity contribution in [2.75, 3.05) is 6.54 Å². The topological polar surface area (TPSA) is 12.0 Å². The van der Waals surface area contributed by atoms with Crippen LogP contribution in [-0.4, -0.2) is 6.54 Å². The van der Waals surface area contributed by atoms with E-state index in [-0.39, 0.29) is 0 Å². The molecule has 0 fully saturated rings. The second-order valence-corrected chi connectivity index (χ2v) is 4.16. The zero-order chi connectivity index (χ0) is 9.97. The van der Waals surface area contributed by atoms with E-state index in [2.05, 4.69) is 37.4 Å². The summed E-state index contributed by atoms with van der Waals surface area (Å²) in [4.78, 5) is 0. The van der Waals surface area contributed by atoms with Crippen LogP contribution in [0.1, 0.15) is 43.0 Å². The molecule has 0 amide bonds. The number of benzene rings is 1. The monoisotopic (exact) mass is 189 g/mol. The molecule has 0 saturated heterocycles. The largest absolute Gasteiger partial charge is 0.310 e. The van der Waals surface area contributed by atoms with Gasteiger partial charge in [-0.05, 0) is 49.4 Å². The van der Waals surface area contributed by atoms with Crippen LogP contribution in [0, 0.1) is 0 Å². The van der Waals surface area contributed by atoms with Crippen molar-refractivity contribution in [1.82, 2.24) is 5.32 Å². The van der Waals surface area contributed by atoms with Crippen LogP contribution in [0.25, 0.3) is 0 Å². The molecule has 1 aliphatic rings. The number of nitrogens with one attached hydrogen (secondary N) is 1. The molecule has 1 atom stereocenters. The van der Waals surface area contributed by atoms with Gasteiger partial charge >= 0.3 is 0 Å². The highest BCUT2D eigenvalue weighted by molar-refractivity contribution is 5.36. The molecule has 14 heavy (non-hydrogen) atoms. The first-order chi connectivity index (χ1) is 6.81. The third-order valence-corrected chi connectivity index (χ3v) is 3.13. The normalized spacial score (nSPS) is 16.7.